The van der Waals surface area contributed by atoms with E-state index in [0.717, 1.165) is 12.0 Å². The van der Waals surface area contributed by atoms with Crippen molar-refractivity contribution in [1.29, 1.82) is 0 Å². The van der Waals surface area contributed by atoms with E-state index in [1.807, 2.05) is 25.1 Å². The Balaban J connectivity index is 2.43. The van der Waals surface area contributed by atoms with Gasteiger partial charge in [0.05, 0.1) is 5.25 Å². The number of aliphatic hydroxyl groups excluding tert-OH is 1. The van der Waals surface area contributed by atoms with Crippen LogP contribution in [0.3, 0.4) is 0 Å². The van der Waals surface area contributed by atoms with Gasteiger partial charge in [-0.2, -0.15) is 8.42 Å². The van der Waals surface area contributed by atoms with Crippen LogP contribution in [0.25, 0.3) is 0 Å². The minimum Gasteiger partial charge on any atom is -0.465 e. The van der Waals surface area contributed by atoms with Gasteiger partial charge in [-0.15, -0.1) is 0 Å². The van der Waals surface area contributed by atoms with Gasteiger partial charge < -0.3 is 9.84 Å². The Labute approximate surface area is 120 Å². The van der Waals surface area contributed by atoms with Crippen molar-refractivity contribution in [2.45, 2.75) is 51.1 Å². The summed E-state index contributed by atoms with van der Waals surface area (Å²) in [5.74, 6) is 0.644. The Morgan fingerprint density at radius 2 is 1.90 bits per heavy atom. The number of aryl methyl sites for hydroxylation is 1. The average molecular weight is 302 g/mol. The van der Waals surface area contributed by atoms with E-state index in [-0.39, 0.29) is 6.42 Å². The van der Waals surface area contributed by atoms with Crippen molar-refractivity contribution in [3.05, 3.63) is 29.8 Å². The quantitative estimate of drug-likeness (QED) is 0.569. The summed E-state index contributed by atoms with van der Waals surface area (Å²) in [5.41, 5.74) is 1.01. The van der Waals surface area contributed by atoms with E-state index < -0.39 is 21.7 Å². The van der Waals surface area contributed by atoms with Crippen molar-refractivity contribution < 1.29 is 22.8 Å². The fraction of sp³-hybridized carbons (Fsp3) is 0.571. The van der Waals surface area contributed by atoms with Crippen LogP contribution in [-0.2, 0) is 16.5 Å². The molecule has 2 N–H and O–H groups in total. The summed E-state index contributed by atoms with van der Waals surface area (Å²) in [6.45, 7) is 3.44. The fourth-order valence-electron chi connectivity index (χ4n) is 1.85. The van der Waals surface area contributed by atoms with Crippen LogP contribution < -0.4 is 4.74 Å². The first kappa shape index (κ1) is 16.9. The molecular weight excluding hydrogens is 280 g/mol. The first-order valence-electron chi connectivity index (χ1n) is 6.73. The molecule has 0 aromatic heterocycles. The van der Waals surface area contributed by atoms with E-state index in [4.69, 9.17) is 9.29 Å². The van der Waals surface area contributed by atoms with Crippen LogP contribution in [-0.4, -0.2) is 29.6 Å². The molecule has 5 nitrogen and oxygen atoms in total. The molecule has 0 aliphatic carbocycles. The van der Waals surface area contributed by atoms with E-state index in [2.05, 4.69) is 0 Å². The molecule has 1 aromatic carbocycles. The molecule has 0 fully saturated rings. The summed E-state index contributed by atoms with van der Waals surface area (Å²) in [6.07, 6.45) is 0.891. The monoisotopic (exact) mass is 302 g/mol. The van der Waals surface area contributed by atoms with Gasteiger partial charge in [-0.05, 0) is 37.8 Å². The first-order chi connectivity index (χ1) is 9.34. The van der Waals surface area contributed by atoms with Gasteiger partial charge in [-0.1, -0.05) is 25.1 Å². The third-order valence-electron chi connectivity index (χ3n) is 3.19. The summed E-state index contributed by atoms with van der Waals surface area (Å²) < 4.78 is 36.0. The van der Waals surface area contributed by atoms with Crippen molar-refractivity contribution >= 4 is 10.1 Å². The maximum absolute atomic E-state index is 10.8. The standard InChI is InChI=1S/C14H22O5S/c1-3-12-8-4-5-9-13(12)19-14(15)10-6-7-11(2)20(16,17)18/h4-5,8-9,11,14-15H,3,6-7,10H2,1-2H3,(H,16,17,18). The highest BCUT2D eigenvalue weighted by Crippen LogP contribution is 2.20. The Kier molecular flexibility index (Phi) is 6.45. The molecular formula is C14H22O5S. The van der Waals surface area contributed by atoms with Gasteiger partial charge in [0.25, 0.3) is 10.1 Å². The van der Waals surface area contributed by atoms with Gasteiger partial charge in [-0.25, -0.2) is 0 Å². The summed E-state index contributed by atoms with van der Waals surface area (Å²) in [5, 5.41) is 8.98. The maximum atomic E-state index is 10.8. The van der Waals surface area contributed by atoms with Crippen LogP contribution in [0.15, 0.2) is 24.3 Å². The molecule has 0 heterocycles. The smallest absolute Gasteiger partial charge is 0.267 e. The second kappa shape index (κ2) is 7.61. The van der Waals surface area contributed by atoms with Gasteiger partial charge in [0, 0.05) is 6.42 Å². The van der Waals surface area contributed by atoms with Crippen molar-refractivity contribution in [1.82, 2.24) is 0 Å². The molecule has 2 atom stereocenters. The number of hydrogen-bond donors (Lipinski definition) is 2. The number of hydrogen-bond acceptors (Lipinski definition) is 4. The lowest BCUT2D eigenvalue weighted by Crippen LogP contribution is -2.19. The molecule has 0 spiro atoms. The van der Waals surface area contributed by atoms with Crippen LogP contribution in [0.5, 0.6) is 5.75 Å². The lowest BCUT2D eigenvalue weighted by atomic mass is 10.1. The topological polar surface area (TPSA) is 83.8 Å². The molecule has 0 aliphatic rings. The third kappa shape index (κ3) is 5.48. The van der Waals surface area contributed by atoms with Crippen LogP contribution >= 0.6 is 0 Å². The lowest BCUT2D eigenvalue weighted by molar-refractivity contribution is -0.0251. The van der Waals surface area contributed by atoms with Gasteiger partial charge in [0.15, 0.2) is 6.29 Å². The van der Waals surface area contributed by atoms with Crippen molar-refractivity contribution in [3.8, 4) is 5.75 Å². The zero-order chi connectivity index (χ0) is 15.2. The molecule has 114 valence electrons. The molecule has 0 amide bonds. The minimum atomic E-state index is -3.99. The lowest BCUT2D eigenvalue weighted by Gasteiger charge is -2.16. The Morgan fingerprint density at radius 1 is 1.25 bits per heavy atom. The van der Waals surface area contributed by atoms with Crippen LogP contribution in [0, 0.1) is 0 Å². The molecule has 0 saturated heterocycles. The molecule has 0 bridgehead atoms. The SMILES string of the molecule is CCc1ccccc1OC(O)CCCC(C)S(=O)(=O)O. The molecule has 0 radical (unpaired) electrons. The largest absolute Gasteiger partial charge is 0.465 e. The summed E-state index contributed by atoms with van der Waals surface area (Å²) in [7, 11) is -3.99. The van der Waals surface area contributed by atoms with Gasteiger partial charge in [0.2, 0.25) is 0 Å². The Hall–Kier alpha value is -1.11. The second-order valence-corrected chi connectivity index (χ2v) is 6.62. The Morgan fingerprint density at radius 3 is 2.50 bits per heavy atom. The van der Waals surface area contributed by atoms with E-state index in [1.165, 1.54) is 6.92 Å². The zero-order valence-electron chi connectivity index (χ0n) is 11.8. The molecule has 1 aromatic rings. The molecule has 20 heavy (non-hydrogen) atoms. The zero-order valence-corrected chi connectivity index (χ0v) is 12.6. The maximum Gasteiger partial charge on any atom is 0.267 e. The van der Waals surface area contributed by atoms with E-state index in [0.29, 0.717) is 18.6 Å². The summed E-state index contributed by atoms with van der Waals surface area (Å²) in [4.78, 5) is 0. The van der Waals surface area contributed by atoms with Crippen molar-refractivity contribution in [2.24, 2.45) is 0 Å². The second-order valence-electron chi connectivity index (χ2n) is 4.79. The summed E-state index contributed by atoms with van der Waals surface area (Å²) >= 11 is 0. The van der Waals surface area contributed by atoms with Gasteiger partial charge in [-0.3, -0.25) is 4.55 Å². The fourth-order valence-corrected chi connectivity index (χ4v) is 2.31. The third-order valence-corrected chi connectivity index (χ3v) is 4.44. The Bertz CT molecular complexity index is 512. The van der Waals surface area contributed by atoms with E-state index in [1.54, 1.807) is 6.07 Å². The normalized spacial score (nSPS) is 14.8. The van der Waals surface area contributed by atoms with Crippen LogP contribution in [0.1, 0.15) is 38.7 Å². The van der Waals surface area contributed by atoms with Gasteiger partial charge in [0.1, 0.15) is 5.75 Å². The number of ether oxygens (including phenoxy) is 1. The molecule has 0 saturated carbocycles. The molecule has 2 unspecified atom stereocenters. The van der Waals surface area contributed by atoms with Crippen LogP contribution in [0.2, 0.25) is 0 Å². The highest BCUT2D eigenvalue weighted by atomic mass is 32.2. The van der Waals surface area contributed by atoms with Gasteiger partial charge >= 0.3 is 0 Å². The van der Waals surface area contributed by atoms with Crippen LogP contribution in [0.4, 0.5) is 0 Å². The highest BCUT2D eigenvalue weighted by molar-refractivity contribution is 7.86. The van der Waals surface area contributed by atoms with Crippen molar-refractivity contribution in [3.63, 3.8) is 0 Å². The predicted molar refractivity (Wildman–Crippen MR) is 77.3 cm³/mol. The minimum absolute atomic E-state index is 0.286. The molecule has 0 aliphatic heterocycles. The number of benzene rings is 1. The van der Waals surface area contributed by atoms with Crippen molar-refractivity contribution in [2.75, 3.05) is 0 Å². The first-order valence-corrected chi connectivity index (χ1v) is 8.23. The average Bonchev–Trinajstić information content (AvgIpc) is 2.38. The number of para-hydroxylation sites is 1. The number of aliphatic hydroxyl groups is 1. The summed E-state index contributed by atoms with van der Waals surface area (Å²) in [6, 6.07) is 7.47. The van der Waals surface area contributed by atoms with E-state index in [9.17, 15) is 13.5 Å². The van der Waals surface area contributed by atoms with E-state index >= 15 is 0 Å². The molecule has 6 heteroatoms. The molecule has 1 rings (SSSR count). The predicted octanol–water partition coefficient (Wildman–Crippen LogP) is 2.39. The number of rotatable bonds is 8. The highest BCUT2D eigenvalue weighted by Gasteiger charge is 2.17.